The lowest BCUT2D eigenvalue weighted by Crippen LogP contribution is -2.56. The van der Waals surface area contributed by atoms with Crippen LogP contribution < -0.4 is 5.32 Å². The predicted molar refractivity (Wildman–Crippen MR) is 65.7 cm³/mol. The van der Waals surface area contributed by atoms with Gasteiger partial charge in [0, 0.05) is 19.0 Å². The highest BCUT2D eigenvalue weighted by molar-refractivity contribution is 5.94. The van der Waals surface area contributed by atoms with Crippen LogP contribution in [0, 0.1) is 0 Å². The number of alkyl halides is 1. The molecule has 0 bridgehead atoms. The van der Waals surface area contributed by atoms with Crippen molar-refractivity contribution in [2.24, 2.45) is 0 Å². The first-order chi connectivity index (χ1) is 8.59. The SMILES string of the molecule is CC1CC(=O)NC2(CCCC2)C(=O)N1CCCF. The lowest BCUT2D eigenvalue weighted by Gasteiger charge is -2.34. The van der Waals surface area contributed by atoms with Gasteiger partial charge in [-0.15, -0.1) is 0 Å². The van der Waals surface area contributed by atoms with E-state index in [1.165, 1.54) is 0 Å². The fraction of sp³-hybridized carbons (Fsp3) is 0.846. The monoisotopic (exact) mass is 256 g/mol. The number of nitrogens with one attached hydrogen (secondary N) is 1. The average Bonchev–Trinajstić information content (AvgIpc) is 2.75. The summed E-state index contributed by atoms with van der Waals surface area (Å²) < 4.78 is 12.3. The number of halogens is 1. The van der Waals surface area contributed by atoms with E-state index in [1.807, 2.05) is 6.92 Å². The van der Waals surface area contributed by atoms with E-state index in [4.69, 9.17) is 0 Å². The van der Waals surface area contributed by atoms with Gasteiger partial charge in [-0.2, -0.15) is 0 Å². The molecule has 1 saturated carbocycles. The third-order valence-electron chi connectivity index (χ3n) is 4.05. The third kappa shape index (κ3) is 2.35. The number of hydrogen-bond donors (Lipinski definition) is 1. The lowest BCUT2D eigenvalue weighted by atomic mass is 9.95. The zero-order valence-electron chi connectivity index (χ0n) is 10.9. The zero-order chi connectivity index (χ0) is 13.2. The molecule has 1 aliphatic carbocycles. The van der Waals surface area contributed by atoms with Crippen LogP contribution in [0.15, 0.2) is 0 Å². The largest absolute Gasteiger partial charge is 0.342 e. The highest BCUT2D eigenvalue weighted by Crippen LogP contribution is 2.34. The number of nitrogens with zero attached hydrogens (tertiary/aromatic N) is 1. The van der Waals surface area contributed by atoms with Crippen LogP contribution in [0.5, 0.6) is 0 Å². The highest BCUT2D eigenvalue weighted by atomic mass is 19.1. The van der Waals surface area contributed by atoms with Gasteiger partial charge in [-0.05, 0) is 26.2 Å². The maximum absolute atomic E-state index is 12.6. The Morgan fingerprint density at radius 3 is 2.67 bits per heavy atom. The summed E-state index contributed by atoms with van der Waals surface area (Å²) in [7, 11) is 0. The van der Waals surface area contributed by atoms with Crippen molar-refractivity contribution in [3.05, 3.63) is 0 Å². The summed E-state index contributed by atoms with van der Waals surface area (Å²) in [6.07, 6.45) is 4.04. The molecule has 4 nitrogen and oxygen atoms in total. The van der Waals surface area contributed by atoms with Gasteiger partial charge in [0.1, 0.15) is 5.54 Å². The van der Waals surface area contributed by atoms with Crippen LogP contribution in [0.1, 0.15) is 45.4 Å². The van der Waals surface area contributed by atoms with E-state index in [9.17, 15) is 14.0 Å². The van der Waals surface area contributed by atoms with E-state index in [1.54, 1.807) is 4.90 Å². The van der Waals surface area contributed by atoms with Crippen LogP contribution in [0.2, 0.25) is 0 Å². The molecule has 1 aliphatic heterocycles. The molecule has 0 aromatic carbocycles. The second-order valence-corrected chi connectivity index (χ2v) is 5.43. The third-order valence-corrected chi connectivity index (χ3v) is 4.05. The van der Waals surface area contributed by atoms with Crippen LogP contribution >= 0.6 is 0 Å². The first kappa shape index (κ1) is 13.3. The number of carbonyl (C=O) groups is 2. The van der Waals surface area contributed by atoms with Crippen molar-refractivity contribution in [3.63, 3.8) is 0 Å². The fourth-order valence-corrected chi connectivity index (χ4v) is 3.09. The van der Waals surface area contributed by atoms with Crippen LogP contribution in [0.25, 0.3) is 0 Å². The van der Waals surface area contributed by atoms with Gasteiger partial charge < -0.3 is 10.2 Å². The van der Waals surface area contributed by atoms with Crippen molar-refractivity contribution in [1.29, 1.82) is 0 Å². The molecule has 2 fully saturated rings. The summed E-state index contributed by atoms with van der Waals surface area (Å²) in [5.74, 6) is -0.0627. The van der Waals surface area contributed by atoms with Gasteiger partial charge in [-0.3, -0.25) is 14.0 Å². The summed E-state index contributed by atoms with van der Waals surface area (Å²) in [4.78, 5) is 26.2. The Morgan fingerprint density at radius 2 is 2.06 bits per heavy atom. The van der Waals surface area contributed by atoms with Gasteiger partial charge in [0.05, 0.1) is 6.67 Å². The van der Waals surface area contributed by atoms with Crippen molar-refractivity contribution >= 4 is 11.8 Å². The summed E-state index contributed by atoms with van der Waals surface area (Å²) in [6.45, 7) is 1.85. The summed E-state index contributed by atoms with van der Waals surface area (Å²) in [6, 6.07) is -0.135. The minimum Gasteiger partial charge on any atom is -0.342 e. The summed E-state index contributed by atoms with van der Waals surface area (Å²) in [5, 5.41) is 2.92. The van der Waals surface area contributed by atoms with Crippen molar-refractivity contribution in [1.82, 2.24) is 10.2 Å². The molecule has 1 N–H and O–H groups in total. The maximum Gasteiger partial charge on any atom is 0.248 e. The molecular weight excluding hydrogens is 235 g/mol. The van der Waals surface area contributed by atoms with Gasteiger partial charge in [0.15, 0.2) is 0 Å². The molecule has 1 unspecified atom stereocenters. The lowest BCUT2D eigenvalue weighted by molar-refractivity contribution is -0.140. The van der Waals surface area contributed by atoms with E-state index in [0.29, 0.717) is 19.4 Å². The molecule has 1 saturated heterocycles. The molecule has 0 aromatic heterocycles. The molecule has 2 aliphatic rings. The van der Waals surface area contributed by atoms with Crippen molar-refractivity contribution in [2.75, 3.05) is 13.2 Å². The minimum atomic E-state index is -0.696. The van der Waals surface area contributed by atoms with E-state index in [-0.39, 0.29) is 17.9 Å². The van der Waals surface area contributed by atoms with E-state index in [2.05, 4.69) is 5.32 Å². The molecule has 2 amide bonds. The van der Waals surface area contributed by atoms with E-state index >= 15 is 0 Å². The van der Waals surface area contributed by atoms with Crippen molar-refractivity contribution in [3.8, 4) is 0 Å². The summed E-state index contributed by atoms with van der Waals surface area (Å²) in [5.41, 5.74) is -0.696. The van der Waals surface area contributed by atoms with Crippen molar-refractivity contribution < 1.29 is 14.0 Å². The van der Waals surface area contributed by atoms with Crippen LogP contribution in [-0.2, 0) is 9.59 Å². The predicted octanol–water partition coefficient (Wildman–Crippen LogP) is 1.40. The van der Waals surface area contributed by atoms with Gasteiger partial charge in [-0.25, -0.2) is 0 Å². The van der Waals surface area contributed by atoms with E-state index in [0.717, 1.165) is 25.7 Å². The normalized spacial score (nSPS) is 27.4. The second-order valence-electron chi connectivity index (χ2n) is 5.43. The molecular formula is C13H21FN2O2. The van der Waals surface area contributed by atoms with Gasteiger partial charge >= 0.3 is 0 Å². The molecule has 18 heavy (non-hydrogen) atoms. The Kier molecular flexibility index (Phi) is 3.88. The maximum atomic E-state index is 12.6. The first-order valence-electron chi connectivity index (χ1n) is 6.77. The standard InChI is InChI=1S/C13H21FN2O2/c1-10-9-11(17)15-13(5-2-3-6-13)12(18)16(10)8-4-7-14/h10H,2-9H2,1H3,(H,15,17). The zero-order valence-corrected chi connectivity index (χ0v) is 10.9. The van der Waals surface area contributed by atoms with Gasteiger partial charge in [0.2, 0.25) is 11.8 Å². The van der Waals surface area contributed by atoms with Crippen LogP contribution in [-0.4, -0.2) is 41.5 Å². The Hall–Kier alpha value is -1.13. The quantitative estimate of drug-likeness (QED) is 0.829. The van der Waals surface area contributed by atoms with E-state index < -0.39 is 12.2 Å². The average molecular weight is 256 g/mol. The number of amides is 2. The van der Waals surface area contributed by atoms with Crippen molar-refractivity contribution in [2.45, 2.75) is 57.0 Å². The Bertz CT molecular complexity index is 340. The number of hydrogen-bond acceptors (Lipinski definition) is 2. The fourth-order valence-electron chi connectivity index (χ4n) is 3.09. The molecule has 0 aromatic rings. The Balaban J connectivity index is 2.22. The molecule has 102 valence electrons. The molecule has 2 rings (SSSR count). The molecule has 1 atom stereocenters. The Labute approximate surface area is 107 Å². The summed E-state index contributed by atoms with van der Waals surface area (Å²) >= 11 is 0. The number of carbonyl (C=O) groups excluding carboxylic acids is 2. The highest BCUT2D eigenvalue weighted by Gasteiger charge is 2.47. The first-order valence-corrected chi connectivity index (χ1v) is 6.77. The topological polar surface area (TPSA) is 49.4 Å². The Morgan fingerprint density at radius 1 is 1.39 bits per heavy atom. The van der Waals surface area contributed by atoms with Crippen LogP contribution in [0.4, 0.5) is 4.39 Å². The number of rotatable bonds is 3. The minimum absolute atomic E-state index is 0.00759. The van der Waals surface area contributed by atoms with Gasteiger partial charge in [0.25, 0.3) is 0 Å². The molecule has 5 heteroatoms. The molecule has 1 spiro atoms. The molecule has 0 radical (unpaired) electrons. The second kappa shape index (κ2) is 5.24. The smallest absolute Gasteiger partial charge is 0.248 e. The van der Waals surface area contributed by atoms with Crippen LogP contribution in [0.3, 0.4) is 0 Å². The van der Waals surface area contributed by atoms with Gasteiger partial charge in [-0.1, -0.05) is 12.8 Å². The molecule has 1 heterocycles.